The van der Waals surface area contributed by atoms with Gasteiger partial charge in [-0.15, -0.1) is 0 Å². The Hall–Kier alpha value is -4.44. The molecule has 3 heterocycles. The Labute approximate surface area is 219 Å². The fraction of sp³-hybridized carbons (Fsp3) is 0.250. The maximum absolute atomic E-state index is 13.7. The maximum Gasteiger partial charge on any atom is 0.351 e. The summed E-state index contributed by atoms with van der Waals surface area (Å²) in [5.41, 5.74) is 9.71. The standard InChI is InChI=1S/C28H30FN7O2/c1-3-12-36-13-4-5-18(16-36)17-6-8-23(24(14-17)38-2)33-28-34-26-20(10-11-31-26)27(35-28)32-22-9-7-19(29)15-21(22)25(30)37/h5-11,14-15H,3-4,12-13,16H2,1-2H3,(H2,30,37)(H3,31,32,33,34,35)/p+1. The number of rotatable bonds is 9. The van der Waals surface area contributed by atoms with Gasteiger partial charge in [-0.05, 0) is 66.9 Å². The SMILES string of the molecule is CCCN1CCC=C(c2ccc(Nc3nc(Nc4ccc(F)cc4C(N)=O)c4cc[nH]c4[nH+]3)c(OC)c2)C1. The second-order valence-electron chi connectivity index (χ2n) is 9.21. The second kappa shape index (κ2) is 10.9. The van der Waals surface area contributed by atoms with E-state index in [0.29, 0.717) is 28.9 Å². The van der Waals surface area contributed by atoms with Crippen LogP contribution in [-0.2, 0) is 0 Å². The molecular formula is C28H31FN7O2+. The molecule has 196 valence electrons. The number of benzene rings is 2. The van der Waals surface area contributed by atoms with Gasteiger partial charge in [-0.3, -0.25) is 20.0 Å². The first kappa shape index (κ1) is 25.2. The van der Waals surface area contributed by atoms with E-state index in [9.17, 15) is 9.18 Å². The number of primary amides is 1. The number of anilines is 4. The molecule has 4 aromatic rings. The van der Waals surface area contributed by atoms with Crippen molar-refractivity contribution in [1.82, 2.24) is 14.9 Å². The molecule has 0 fully saturated rings. The van der Waals surface area contributed by atoms with Crippen LogP contribution in [0, 0.1) is 5.82 Å². The van der Waals surface area contributed by atoms with Crippen LogP contribution >= 0.6 is 0 Å². The third kappa shape index (κ3) is 5.30. The van der Waals surface area contributed by atoms with Gasteiger partial charge >= 0.3 is 5.95 Å². The van der Waals surface area contributed by atoms with Gasteiger partial charge in [-0.2, -0.15) is 0 Å². The van der Waals surface area contributed by atoms with E-state index < -0.39 is 11.7 Å². The number of halogens is 1. The first-order valence-corrected chi connectivity index (χ1v) is 12.6. The van der Waals surface area contributed by atoms with E-state index in [1.165, 1.54) is 17.7 Å². The van der Waals surface area contributed by atoms with Gasteiger partial charge in [0.15, 0.2) is 5.75 Å². The number of nitrogens with zero attached hydrogens (tertiary/aromatic N) is 2. The van der Waals surface area contributed by atoms with E-state index in [1.54, 1.807) is 13.3 Å². The summed E-state index contributed by atoms with van der Waals surface area (Å²) in [7, 11) is 1.64. The van der Waals surface area contributed by atoms with Gasteiger partial charge in [0, 0.05) is 19.3 Å². The Kier molecular flexibility index (Phi) is 7.23. The van der Waals surface area contributed by atoms with E-state index >= 15 is 0 Å². The number of carbonyl (C=O) groups is 1. The molecule has 2 aromatic heterocycles. The molecule has 1 amide bonds. The minimum absolute atomic E-state index is 0.0320. The molecule has 0 aliphatic carbocycles. The molecule has 0 atom stereocenters. The van der Waals surface area contributed by atoms with Crippen molar-refractivity contribution in [2.75, 3.05) is 37.4 Å². The summed E-state index contributed by atoms with van der Waals surface area (Å²) in [6, 6.07) is 11.7. The highest BCUT2D eigenvalue weighted by Gasteiger charge is 2.20. The summed E-state index contributed by atoms with van der Waals surface area (Å²) in [5.74, 6) is 0.277. The molecule has 2 aromatic carbocycles. The second-order valence-corrected chi connectivity index (χ2v) is 9.21. The van der Waals surface area contributed by atoms with Crippen LogP contribution in [0.2, 0.25) is 0 Å². The zero-order chi connectivity index (χ0) is 26.6. The Morgan fingerprint density at radius 2 is 2.05 bits per heavy atom. The van der Waals surface area contributed by atoms with E-state index in [-0.39, 0.29) is 5.56 Å². The number of aromatic nitrogens is 3. The number of nitrogens with one attached hydrogen (secondary N) is 4. The fourth-order valence-corrected chi connectivity index (χ4v) is 4.74. The molecule has 0 radical (unpaired) electrons. The van der Waals surface area contributed by atoms with Crippen LogP contribution in [0.4, 0.5) is 27.5 Å². The lowest BCUT2D eigenvalue weighted by molar-refractivity contribution is -0.333. The zero-order valence-electron chi connectivity index (χ0n) is 21.4. The van der Waals surface area contributed by atoms with Gasteiger partial charge in [0.05, 0.1) is 23.7 Å². The average molecular weight is 517 g/mol. The molecule has 1 aliphatic rings. The predicted molar refractivity (Wildman–Crippen MR) is 146 cm³/mol. The number of H-pyrrole nitrogens is 2. The Balaban J connectivity index is 1.44. The van der Waals surface area contributed by atoms with Crippen LogP contribution in [0.5, 0.6) is 5.75 Å². The van der Waals surface area contributed by atoms with Gasteiger partial charge in [-0.1, -0.05) is 24.1 Å². The van der Waals surface area contributed by atoms with Gasteiger partial charge in [-0.25, -0.2) is 9.37 Å². The third-order valence-electron chi connectivity index (χ3n) is 6.56. The van der Waals surface area contributed by atoms with Gasteiger partial charge in [0.1, 0.15) is 11.5 Å². The molecule has 38 heavy (non-hydrogen) atoms. The van der Waals surface area contributed by atoms with Crippen molar-refractivity contribution in [2.45, 2.75) is 19.8 Å². The van der Waals surface area contributed by atoms with Crippen molar-refractivity contribution in [3.8, 4) is 5.75 Å². The van der Waals surface area contributed by atoms with E-state index in [0.717, 1.165) is 55.2 Å². The molecule has 0 saturated carbocycles. The summed E-state index contributed by atoms with van der Waals surface area (Å²) in [5, 5.41) is 7.18. The summed E-state index contributed by atoms with van der Waals surface area (Å²) in [6.07, 6.45) is 6.24. The smallest absolute Gasteiger partial charge is 0.351 e. The first-order chi connectivity index (χ1) is 18.4. The Bertz CT molecular complexity index is 1510. The Morgan fingerprint density at radius 1 is 1.21 bits per heavy atom. The van der Waals surface area contributed by atoms with Crippen molar-refractivity contribution in [3.63, 3.8) is 0 Å². The van der Waals surface area contributed by atoms with Gasteiger partial charge in [0.25, 0.3) is 5.91 Å². The minimum Gasteiger partial charge on any atom is -0.493 e. The molecule has 0 bridgehead atoms. The van der Waals surface area contributed by atoms with Crippen molar-refractivity contribution < 1.29 is 18.9 Å². The number of hydrogen-bond donors (Lipinski definition) is 4. The number of aromatic amines is 2. The van der Waals surface area contributed by atoms with Gasteiger partial charge in [0.2, 0.25) is 11.5 Å². The number of hydrogen-bond acceptors (Lipinski definition) is 6. The number of methoxy groups -OCH3 is 1. The predicted octanol–water partition coefficient (Wildman–Crippen LogP) is 4.61. The number of nitrogens with two attached hydrogens (primary N) is 1. The van der Waals surface area contributed by atoms with Crippen LogP contribution in [0.25, 0.3) is 16.6 Å². The minimum atomic E-state index is -0.742. The largest absolute Gasteiger partial charge is 0.493 e. The molecule has 6 N–H and O–H groups in total. The summed E-state index contributed by atoms with van der Waals surface area (Å²) < 4.78 is 19.5. The quantitative estimate of drug-likeness (QED) is 0.258. The summed E-state index contributed by atoms with van der Waals surface area (Å²) in [4.78, 5) is 25.4. The van der Waals surface area contributed by atoms with Crippen LogP contribution < -0.4 is 26.1 Å². The first-order valence-electron chi connectivity index (χ1n) is 12.6. The summed E-state index contributed by atoms with van der Waals surface area (Å²) >= 11 is 0. The fourth-order valence-electron chi connectivity index (χ4n) is 4.74. The highest BCUT2D eigenvalue weighted by molar-refractivity contribution is 6.00. The molecule has 0 unspecified atom stereocenters. The topological polar surface area (TPSA) is 122 Å². The molecule has 9 nitrogen and oxygen atoms in total. The molecule has 0 saturated heterocycles. The molecule has 0 spiro atoms. The van der Waals surface area contributed by atoms with E-state index in [2.05, 4.69) is 49.6 Å². The highest BCUT2D eigenvalue weighted by atomic mass is 19.1. The third-order valence-corrected chi connectivity index (χ3v) is 6.56. The number of amides is 1. The average Bonchev–Trinajstić information content (AvgIpc) is 3.39. The van der Waals surface area contributed by atoms with Crippen LogP contribution in [0.1, 0.15) is 35.7 Å². The highest BCUT2D eigenvalue weighted by Crippen LogP contribution is 2.32. The number of carbonyl (C=O) groups excluding carboxylic acids is 1. The normalized spacial score (nSPS) is 13.8. The maximum atomic E-state index is 13.7. The van der Waals surface area contributed by atoms with Crippen LogP contribution in [-0.4, -0.2) is 47.5 Å². The van der Waals surface area contributed by atoms with E-state index in [4.69, 9.17) is 10.5 Å². The summed E-state index contributed by atoms with van der Waals surface area (Å²) in [6.45, 7) is 5.31. The number of fused-ring (bicyclic) bond motifs is 1. The molecule has 1 aliphatic heterocycles. The lowest BCUT2D eigenvalue weighted by atomic mass is 10.00. The zero-order valence-corrected chi connectivity index (χ0v) is 21.4. The van der Waals surface area contributed by atoms with Crippen LogP contribution in [0.3, 0.4) is 0 Å². The van der Waals surface area contributed by atoms with Crippen molar-refractivity contribution in [1.29, 1.82) is 0 Å². The van der Waals surface area contributed by atoms with Gasteiger partial charge < -0.3 is 15.8 Å². The van der Waals surface area contributed by atoms with Crippen molar-refractivity contribution in [3.05, 3.63) is 71.7 Å². The van der Waals surface area contributed by atoms with Crippen LogP contribution in [0.15, 0.2) is 54.7 Å². The monoisotopic (exact) mass is 516 g/mol. The molecule has 10 heteroatoms. The molecular weight excluding hydrogens is 485 g/mol. The van der Waals surface area contributed by atoms with E-state index in [1.807, 2.05) is 18.2 Å². The lowest BCUT2D eigenvalue weighted by Gasteiger charge is -2.27. The number of ether oxygens (including phenoxy) is 1. The lowest BCUT2D eigenvalue weighted by Crippen LogP contribution is -2.30. The Morgan fingerprint density at radius 3 is 2.84 bits per heavy atom. The van der Waals surface area contributed by atoms with Crippen molar-refractivity contribution in [2.24, 2.45) is 5.73 Å². The van der Waals surface area contributed by atoms with Crippen molar-refractivity contribution >= 4 is 45.7 Å². The molecule has 5 rings (SSSR count).